The van der Waals surface area contributed by atoms with Crippen LogP contribution in [-0.4, -0.2) is 18.8 Å². The Morgan fingerprint density at radius 2 is 2.25 bits per heavy atom. The fraction of sp³-hybridized carbons (Fsp3) is 0.571. The number of methoxy groups -OCH3 is 1. The van der Waals surface area contributed by atoms with Crippen molar-refractivity contribution in [3.63, 3.8) is 0 Å². The summed E-state index contributed by atoms with van der Waals surface area (Å²) in [5.74, 6) is 2.07. The molecule has 0 bridgehead atoms. The summed E-state index contributed by atoms with van der Waals surface area (Å²) in [5, 5.41) is 9.42. The number of rotatable bonds is 5. The predicted octanol–water partition coefficient (Wildman–Crippen LogP) is 2.65. The summed E-state index contributed by atoms with van der Waals surface area (Å²) in [7, 11) is 1.69. The van der Waals surface area contributed by atoms with Crippen LogP contribution in [0.4, 0.5) is 0 Å². The molecule has 88 valence electrons. The third-order valence-corrected chi connectivity index (χ3v) is 3.68. The third-order valence-electron chi connectivity index (χ3n) is 3.68. The summed E-state index contributed by atoms with van der Waals surface area (Å²) >= 11 is 0. The Morgan fingerprint density at radius 1 is 1.44 bits per heavy atom. The van der Waals surface area contributed by atoms with E-state index in [0.717, 1.165) is 18.1 Å². The molecule has 1 aromatic rings. The maximum absolute atomic E-state index is 9.42. The summed E-state index contributed by atoms with van der Waals surface area (Å²) < 4.78 is 5.21. The highest BCUT2D eigenvalue weighted by atomic mass is 16.5. The Kier molecular flexibility index (Phi) is 3.83. The van der Waals surface area contributed by atoms with Gasteiger partial charge in [0.25, 0.3) is 0 Å². The van der Waals surface area contributed by atoms with E-state index in [2.05, 4.69) is 12.1 Å². The normalized spacial score (nSPS) is 17.9. The van der Waals surface area contributed by atoms with Crippen molar-refractivity contribution in [1.29, 1.82) is 0 Å². The number of aliphatic hydroxyl groups excluding tert-OH is 1. The molecule has 1 saturated carbocycles. The number of benzene rings is 1. The molecule has 0 saturated heterocycles. The minimum atomic E-state index is 0.307. The van der Waals surface area contributed by atoms with Crippen molar-refractivity contribution in [2.24, 2.45) is 11.8 Å². The topological polar surface area (TPSA) is 29.5 Å². The van der Waals surface area contributed by atoms with Crippen LogP contribution in [0.3, 0.4) is 0 Å². The van der Waals surface area contributed by atoms with E-state index in [1.807, 2.05) is 12.1 Å². The molecule has 2 heteroatoms. The Hall–Kier alpha value is -1.02. The Balaban J connectivity index is 2.00. The second kappa shape index (κ2) is 5.35. The van der Waals surface area contributed by atoms with Gasteiger partial charge in [-0.25, -0.2) is 0 Å². The van der Waals surface area contributed by atoms with Crippen molar-refractivity contribution < 1.29 is 9.84 Å². The highest BCUT2D eigenvalue weighted by Gasteiger charge is 2.26. The lowest BCUT2D eigenvalue weighted by Gasteiger charge is -2.32. The first-order valence-corrected chi connectivity index (χ1v) is 6.07. The van der Waals surface area contributed by atoms with E-state index >= 15 is 0 Å². The van der Waals surface area contributed by atoms with Crippen LogP contribution in [0.2, 0.25) is 0 Å². The van der Waals surface area contributed by atoms with E-state index in [4.69, 9.17) is 4.74 Å². The SMILES string of the molecule is COc1cccc(CC(CO)C2CCC2)c1. The standard InChI is InChI=1S/C14H20O2/c1-16-14-7-2-4-11(9-14)8-13(10-15)12-5-3-6-12/h2,4,7,9,12-13,15H,3,5-6,8,10H2,1H3. The van der Waals surface area contributed by atoms with Crippen LogP contribution in [0.1, 0.15) is 24.8 Å². The van der Waals surface area contributed by atoms with Gasteiger partial charge in [-0.1, -0.05) is 31.4 Å². The molecule has 1 aromatic carbocycles. The molecule has 1 aliphatic rings. The maximum Gasteiger partial charge on any atom is 0.119 e. The van der Waals surface area contributed by atoms with Gasteiger partial charge in [-0.15, -0.1) is 0 Å². The summed E-state index contributed by atoms with van der Waals surface area (Å²) in [4.78, 5) is 0. The molecule has 2 rings (SSSR count). The zero-order valence-electron chi connectivity index (χ0n) is 9.86. The smallest absolute Gasteiger partial charge is 0.119 e. The van der Waals surface area contributed by atoms with Crippen LogP contribution in [-0.2, 0) is 6.42 Å². The Bertz CT molecular complexity index is 331. The highest BCUT2D eigenvalue weighted by molar-refractivity contribution is 5.28. The summed E-state index contributed by atoms with van der Waals surface area (Å²) in [6.45, 7) is 0.307. The van der Waals surface area contributed by atoms with E-state index in [9.17, 15) is 5.11 Å². The molecule has 0 aliphatic heterocycles. The van der Waals surface area contributed by atoms with Crippen molar-refractivity contribution in [2.75, 3.05) is 13.7 Å². The average molecular weight is 220 g/mol. The van der Waals surface area contributed by atoms with E-state index in [1.165, 1.54) is 24.8 Å². The van der Waals surface area contributed by atoms with Gasteiger partial charge in [0.2, 0.25) is 0 Å². The molecule has 0 radical (unpaired) electrons. The molecule has 1 unspecified atom stereocenters. The van der Waals surface area contributed by atoms with Gasteiger partial charge < -0.3 is 9.84 Å². The monoisotopic (exact) mass is 220 g/mol. The molecule has 1 N–H and O–H groups in total. The molecule has 16 heavy (non-hydrogen) atoms. The quantitative estimate of drug-likeness (QED) is 0.826. The second-order valence-electron chi connectivity index (χ2n) is 4.69. The summed E-state index contributed by atoms with van der Waals surface area (Å²) in [5.41, 5.74) is 1.27. The van der Waals surface area contributed by atoms with Gasteiger partial charge >= 0.3 is 0 Å². The lowest BCUT2D eigenvalue weighted by atomic mass is 9.74. The van der Waals surface area contributed by atoms with Gasteiger partial charge in [0.1, 0.15) is 5.75 Å². The maximum atomic E-state index is 9.42. The molecule has 0 heterocycles. The van der Waals surface area contributed by atoms with E-state index in [1.54, 1.807) is 7.11 Å². The van der Waals surface area contributed by atoms with Crippen molar-refractivity contribution in [3.05, 3.63) is 29.8 Å². The Morgan fingerprint density at radius 3 is 2.81 bits per heavy atom. The van der Waals surface area contributed by atoms with Crippen LogP contribution < -0.4 is 4.74 Å². The fourth-order valence-corrected chi connectivity index (χ4v) is 2.39. The van der Waals surface area contributed by atoms with Crippen LogP contribution >= 0.6 is 0 Å². The van der Waals surface area contributed by atoms with Crippen molar-refractivity contribution in [1.82, 2.24) is 0 Å². The van der Waals surface area contributed by atoms with Gasteiger partial charge in [-0.05, 0) is 36.0 Å². The zero-order chi connectivity index (χ0) is 11.4. The van der Waals surface area contributed by atoms with Crippen molar-refractivity contribution in [3.8, 4) is 5.75 Å². The summed E-state index contributed by atoms with van der Waals surface area (Å²) in [6.07, 6.45) is 4.88. The lowest BCUT2D eigenvalue weighted by Crippen LogP contribution is -2.26. The number of ether oxygens (including phenoxy) is 1. The molecule has 0 amide bonds. The van der Waals surface area contributed by atoms with E-state index < -0.39 is 0 Å². The molecule has 0 spiro atoms. The van der Waals surface area contributed by atoms with Crippen LogP contribution in [0.5, 0.6) is 5.75 Å². The first-order chi connectivity index (χ1) is 7.83. The number of hydrogen-bond acceptors (Lipinski definition) is 2. The zero-order valence-corrected chi connectivity index (χ0v) is 9.86. The lowest BCUT2D eigenvalue weighted by molar-refractivity contribution is 0.123. The van der Waals surface area contributed by atoms with Crippen LogP contribution in [0.25, 0.3) is 0 Å². The Labute approximate surface area is 97.3 Å². The van der Waals surface area contributed by atoms with Gasteiger partial charge in [0.05, 0.1) is 7.11 Å². The molecule has 1 fully saturated rings. The largest absolute Gasteiger partial charge is 0.497 e. The van der Waals surface area contributed by atoms with Crippen molar-refractivity contribution >= 4 is 0 Å². The number of aliphatic hydroxyl groups is 1. The highest BCUT2D eigenvalue weighted by Crippen LogP contribution is 2.35. The first kappa shape index (κ1) is 11.5. The molecule has 0 aromatic heterocycles. The second-order valence-corrected chi connectivity index (χ2v) is 4.69. The minimum absolute atomic E-state index is 0.307. The van der Waals surface area contributed by atoms with Gasteiger partial charge in [0.15, 0.2) is 0 Å². The molecular formula is C14H20O2. The van der Waals surface area contributed by atoms with E-state index in [-0.39, 0.29) is 0 Å². The third kappa shape index (κ3) is 2.56. The minimum Gasteiger partial charge on any atom is -0.497 e. The average Bonchev–Trinajstić information content (AvgIpc) is 2.26. The van der Waals surface area contributed by atoms with Gasteiger partial charge in [-0.3, -0.25) is 0 Å². The van der Waals surface area contributed by atoms with E-state index in [0.29, 0.717) is 12.5 Å². The fourth-order valence-electron chi connectivity index (χ4n) is 2.39. The van der Waals surface area contributed by atoms with Gasteiger partial charge in [-0.2, -0.15) is 0 Å². The number of hydrogen-bond donors (Lipinski definition) is 1. The molecule has 1 aliphatic carbocycles. The van der Waals surface area contributed by atoms with Gasteiger partial charge in [0, 0.05) is 6.61 Å². The predicted molar refractivity (Wildman–Crippen MR) is 64.6 cm³/mol. The first-order valence-electron chi connectivity index (χ1n) is 6.07. The van der Waals surface area contributed by atoms with Crippen LogP contribution in [0, 0.1) is 11.8 Å². The molecular weight excluding hydrogens is 200 g/mol. The molecule has 2 nitrogen and oxygen atoms in total. The molecule has 1 atom stereocenters. The van der Waals surface area contributed by atoms with Crippen LogP contribution in [0.15, 0.2) is 24.3 Å². The summed E-state index contributed by atoms with van der Waals surface area (Å²) in [6, 6.07) is 8.16. The van der Waals surface area contributed by atoms with Crippen molar-refractivity contribution in [2.45, 2.75) is 25.7 Å².